The van der Waals surface area contributed by atoms with E-state index < -0.39 is 9.84 Å². The molecule has 1 aliphatic rings. The third kappa shape index (κ3) is 1.93. The molecule has 7 heteroatoms. The zero-order chi connectivity index (χ0) is 11.2. The summed E-state index contributed by atoms with van der Waals surface area (Å²) in [6.07, 6.45) is 3.38. The molecule has 0 amide bonds. The number of nitrogens with zero attached hydrogens (tertiary/aromatic N) is 2. The van der Waals surface area contributed by atoms with E-state index in [9.17, 15) is 8.42 Å². The molecule has 2 N–H and O–H groups in total. The Bertz CT molecular complexity index is 476. The monoisotopic (exact) mass is 247 g/mol. The Morgan fingerprint density at radius 1 is 1.53 bits per heavy atom. The molecule has 0 spiro atoms. The SMILES string of the molecule is CN(c1snc(N)c1S(C)(=O)=O)C1CC1. The van der Waals surface area contributed by atoms with Gasteiger partial charge in [-0.15, -0.1) is 0 Å². The van der Waals surface area contributed by atoms with Gasteiger partial charge in [-0.25, -0.2) is 8.42 Å². The van der Waals surface area contributed by atoms with E-state index in [1.165, 1.54) is 0 Å². The highest BCUT2D eigenvalue weighted by molar-refractivity contribution is 7.91. The van der Waals surface area contributed by atoms with Crippen molar-refractivity contribution in [3.63, 3.8) is 0 Å². The van der Waals surface area contributed by atoms with Crippen LogP contribution in [0.1, 0.15) is 12.8 Å². The number of rotatable bonds is 3. The number of nitrogens with two attached hydrogens (primary N) is 1. The van der Waals surface area contributed by atoms with Gasteiger partial charge in [0.15, 0.2) is 15.7 Å². The van der Waals surface area contributed by atoms with Gasteiger partial charge < -0.3 is 10.6 Å². The zero-order valence-corrected chi connectivity index (χ0v) is 10.2. The fourth-order valence-corrected chi connectivity index (χ4v) is 3.74. The first-order valence-corrected chi connectivity index (χ1v) is 7.26. The normalized spacial score (nSPS) is 16.7. The van der Waals surface area contributed by atoms with Crippen LogP contribution in [0.15, 0.2) is 4.90 Å². The van der Waals surface area contributed by atoms with E-state index in [0.717, 1.165) is 30.6 Å². The lowest BCUT2D eigenvalue weighted by Crippen LogP contribution is -2.20. The summed E-state index contributed by atoms with van der Waals surface area (Å²) in [6, 6.07) is 0.449. The zero-order valence-electron chi connectivity index (χ0n) is 8.60. The maximum absolute atomic E-state index is 11.5. The molecule has 0 aromatic carbocycles. The summed E-state index contributed by atoms with van der Waals surface area (Å²) < 4.78 is 27.0. The lowest BCUT2D eigenvalue weighted by atomic mass is 10.5. The van der Waals surface area contributed by atoms with E-state index in [0.29, 0.717) is 11.0 Å². The number of hydrogen-bond acceptors (Lipinski definition) is 6. The Labute approximate surface area is 93.0 Å². The van der Waals surface area contributed by atoms with Crippen molar-refractivity contribution in [2.75, 3.05) is 23.9 Å². The van der Waals surface area contributed by atoms with Crippen LogP contribution in [0.5, 0.6) is 0 Å². The van der Waals surface area contributed by atoms with E-state index in [1.807, 2.05) is 11.9 Å². The van der Waals surface area contributed by atoms with E-state index in [-0.39, 0.29) is 10.7 Å². The van der Waals surface area contributed by atoms with Gasteiger partial charge in [0.1, 0.15) is 9.90 Å². The van der Waals surface area contributed by atoms with Crippen LogP contribution in [0.25, 0.3) is 0 Å². The van der Waals surface area contributed by atoms with Crippen molar-refractivity contribution < 1.29 is 8.42 Å². The summed E-state index contributed by atoms with van der Waals surface area (Å²) in [5, 5.41) is 0.664. The molecule has 0 aliphatic heterocycles. The molecule has 15 heavy (non-hydrogen) atoms. The number of hydrogen-bond donors (Lipinski definition) is 1. The molecule has 1 saturated carbocycles. The molecule has 1 aromatic heterocycles. The van der Waals surface area contributed by atoms with Gasteiger partial charge in [0, 0.05) is 19.3 Å². The maximum atomic E-state index is 11.5. The first-order chi connectivity index (χ1) is 6.91. The highest BCUT2D eigenvalue weighted by Gasteiger charge is 2.32. The maximum Gasteiger partial charge on any atom is 0.182 e. The van der Waals surface area contributed by atoms with Crippen LogP contribution < -0.4 is 10.6 Å². The molecular formula is C8H13N3O2S2. The van der Waals surface area contributed by atoms with Gasteiger partial charge in [0.05, 0.1) is 0 Å². The van der Waals surface area contributed by atoms with E-state index >= 15 is 0 Å². The fourth-order valence-electron chi connectivity index (χ4n) is 1.49. The highest BCUT2D eigenvalue weighted by atomic mass is 32.2. The summed E-state index contributed by atoms with van der Waals surface area (Å²) >= 11 is 1.15. The number of aromatic nitrogens is 1. The Balaban J connectivity index is 2.48. The molecule has 0 radical (unpaired) electrons. The van der Waals surface area contributed by atoms with Gasteiger partial charge in [-0.05, 0) is 24.4 Å². The third-order valence-electron chi connectivity index (χ3n) is 2.44. The molecular weight excluding hydrogens is 234 g/mol. The lowest BCUT2D eigenvalue weighted by Gasteiger charge is -2.16. The largest absolute Gasteiger partial charge is 0.382 e. The summed E-state index contributed by atoms with van der Waals surface area (Å²) in [5.74, 6) is 0.116. The molecule has 0 atom stereocenters. The summed E-state index contributed by atoms with van der Waals surface area (Å²) in [5.41, 5.74) is 5.58. The lowest BCUT2D eigenvalue weighted by molar-refractivity contribution is 0.602. The number of nitrogen functional groups attached to an aromatic ring is 1. The van der Waals surface area contributed by atoms with Crippen molar-refractivity contribution in [1.29, 1.82) is 0 Å². The van der Waals surface area contributed by atoms with Crippen LogP contribution in [-0.4, -0.2) is 32.1 Å². The summed E-state index contributed by atoms with van der Waals surface area (Å²) in [4.78, 5) is 2.15. The fraction of sp³-hybridized carbons (Fsp3) is 0.625. The van der Waals surface area contributed by atoms with Crippen LogP contribution in [0, 0.1) is 0 Å². The van der Waals surface area contributed by atoms with Gasteiger partial charge in [0.25, 0.3) is 0 Å². The van der Waals surface area contributed by atoms with Crippen LogP contribution in [0.2, 0.25) is 0 Å². The van der Waals surface area contributed by atoms with Crippen LogP contribution >= 0.6 is 11.5 Å². The molecule has 0 bridgehead atoms. The average molecular weight is 247 g/mol. The predicted octanol–water partition coefficient (Wildman–Crippen LogP) is 0.727. The molecule has 0 unspecified atom stereocenters. The van der Waals surface area contributed by atoms with Gasteiger partial charge in [-0.3, -0.25) is 0 Å². The van der Waals surface area contributed by atoms with Crippen molar-refractivity contribution in [3.05, 3.63) is 0 Å². The minimum Gasteiger partial charge on any atom is -0.382 e. The van der Waals surface area contributed by atoms with Gasteiger partial charge in [-0.1, -0.05) is 0 Å². The van der Waals surface area contributed by atoms with Crippen molar-refractivity contribution in [2.45, 2.75) is 23.8 Å². The van der Waals surface area contributed by atoms with Gasteiger partial charge in [-0.2, -0.15) is 4.37 Å². The minimum absolute atomic E-state index is 0.116. The first-order valence-electron chi connectivity index (χ1n) is 4.59. The van der Waals surface area contributed by atoms with Crippen LogP contribution in [-0.2, 0) is 9.84 Å². The first kappa shape index (κ1) is 10.7. The Kier molecular flexibility index (Phi) is 2.38. The van der Waals surface area contributed by atoms with Crippen molar-refractivity contribution in [2.24, 2.45) is 0 Å². The highest BCUT2D eigenvalue weighted by Crippen LogP contribution is 2.39. The summed E-state index contributed by atoms with van der Waals surface area (Å²) in [6.45, 7) is 0. The van der Waals surface area contributed by atoms with Crippen LogP contribution in [0.4, 0.5) is 10.8 Å². The molecule has 1 aromatic rings. The second kappa shape index (κ2) is 3.34. The summed E-state index contributed by atoms with van der Waals surface area (Å²) in [7, 11) is -1.40. The number of sulfone groups is 1. The molecule has 1 heterocycles. The standard InChI is InChI=1S/C8H13N3O2S2/c1-11(5-3-4-5)8-6(15(2,12)13)7(9)10-14-8/h5H,3-4H2,1-2H3,(H2,9,10). The molecule has 1 aliphatic carbocycles. The Morgan fingerprint density at radius 3 is 2.60 bits per heavy atom. The Morgan fingerprint density at radius 2 is 2.13 bits per heavy atom. The number of anilines is 2. The molecule has 0 saturated heterocycles. The smallest absolute Gasteiger partial charge is 0.182 e. The van der Waals surface area contributed by atoms with E-state index in [1.54, 1.807) is 0 Å². The van der Waals surface area contributed by atoms with Gasteiger partial charge >= 0.3 is 0 Å². The second-order valence-corrected chi connectivity index (χ2v) is 6.52. The Hall–Kier alpha value is -0.820. The van der Waals surface area contributed by atoms with Crippen molar-refractivity contribution in [3.8, 4) is 0 Å². The average Bonchev–Trinajstić information content (AvgIpc) is 2.86. The third-order valence-corrected chi connectivity index (χ3v) is 4.67. The van der Waals surface area contributed by atoms with E-state index in [4.69, 9.17) is 5.73 Å². The molecule has 1 fully saturated rings. The van der Waals surface area contributed by atoms with E-state index in [2.05, 4.69) is 4.37 Å². The molecule has 5 nitrogen and oxygen atoms in total. The quantitative estimate of drug-likeness (QED) is 0.852. The second-order valence-electron chi connectivity index (χ2n) is 3.82. The van der Waals surface area contributed by atoms with Gasteiger partial charge in [0.2, 0.25) is 0 Å². The molecule has 84 valence electrons. The topological polar surface area (TPSA) is 76.3 Å². The predicted molar refractivity (Wildman–Crippen MR) is 61.1 cm³/mol. The minimum atomic E-state index is -3.29. The van der Waals surface area contributed by atoms with Crippen molar-refractivity contribution >= 4 is 32.2 Å². The van der Waals surface area contributed by atoms with Crippen LogP contribution in [0.3, 0.4) is 0 Å². The molecule has 2 rings (SSSR count). The van der Waals surface area contributed by atoms with Crippen molar-refractivity contribution in [1.82, 2.24) is 4.37 Å².